The van der Waals surface area contributed by atoms with Crippen LogP contribution in [0.2, 0.25) is 0 Å². The first-order valence-electron chi connectivity index (χ1n) is 7.92. The monoisotopic (exact) mass is 340 g/mol. The molecular weight excluding hydrogens is 319 g/mol. The Morgan fingerprint density at radius 3 is 2.60 bits per heavy atom. The topological polar surface area (TPSA) is 89.9 Å². The summed E-state index contributed by atoms with van der Waals surface area (Å²) in [7, 11) is -0.248. The Balaban J connectivity index is 2.11. The third-order valence-electron chi connectivity index (χ3n) is 3.96. The standard InChI is InChI=1S/C18H21BN2O4/c1-3-18(23)21(2)12-17(22)20-16(19(24)25)11-14-9-6-8-13-7-4-5-10-15(13)14/h3-10,16,24-25H,1,11-12H2,2H3,(H,20,22). The highest BCUT2D eigenvalue weighted by Gasteiger charge is 2.26. The van der Waals surface area contributed by atoms with E-state index in [0.717, 1.165) is 22.4 Å². The minimum atomic E-state index is -1.72. The van der Waals surface area contributed by atoms with Gasteiger partial charge in [0.1, 0.15) is 0 Å². The number of hydrogen-bond acceptors (Lipinski definition) is 4. The van der Waals surface area contributed by atoms with E-state index in [1.807, 2.05) is 42.5 Å². The van der Waals surface area contributed by atoms with Gasteiger partial charge >= 0.3 is 7.12 Å². The Labute approximate surface area is 146 Å². The van der Waals surface area contributed by atoms with Gasteiger partial charge < -0.3 is 20.3 Å². The minimum absolute atomic E-state index is 0.191. The molecule has 6 nitrogen and oxygen atoms in total. The first-order valence-corrected chi connectivity index (χ1v) is 7.92. The molecule has 0 spiro atoms. The van der Waals surface area contributed by atoms with E-state index in [9.17, 15) is 19.6 Å². The first-order chi connectivity index (χ1) is 11.9. The predicted molar refractivity (Wildman–Crippen MR) is 97.6 cm³/mol. The second kappa shape index (κ2) is 8.46. The molecule has 0 saturated carbocycles. The molecule has 0 aliphatic rings. The van der Waals surface area contributed by atoms with Crippen molar-refractivity contribution in [3.63, 3.8) is 0 Å². The lowest BCUT2D eigenvalue weighted by molar-refractivity contribution is -0.131. The fraction of sp³-hybridized carbons (Fsp3) is 0.222. The minimum Gasteiger partial charge on any atom is -0.426 e. The van der Waals surface area contributed by atoms with E-state index >= 15 is 0 Å². The van der Waals surface area contributed by atoms with E-state index in [4.69, 9.17) is 0 Å². The molecule has 0 fully saturated rings. The van der Waals surface area contributed by atoms with Gasteiger partial charge in [-0.1, -0.05) is 49.0 Å². The lowest BCUT2D eigenvalue weighted by atomic mass is 9.75. The molecule has 2 aromatic carbocycles. The molecule has 0 aliphatic carbocycles. The lowest BCUT2D eigenvalue weighted by Gasteiger charge is -2.21. The summed E-state index contributed by atoms with van der Waals surface area (Å²) in [5.74, 6) is -1.74. The zero-order valence-electron chi connectivity index (χ0n) is 14.1. The molecule has 25 heavy (non-hydrogen) atoms. The largest absolute Gasteiger partial charge is 0.475 e. The number of nitrogens with one attached hydrogen (secondary N) is 1. The van der Waals surface area contributed by atoms with Crippen molar-refractivity contribution in [1.82, 2.24) is 10.2 Å². The first kappa shape index (κ1) is 18.7. The van der Waals surface area contributed by atoms with Crippen LogP contribution in [-0.4, -0.2) is 53.4 Å². The molecule has 1 atom stereocenters. The van der Waals surface area contributed by atoms with Crippen LogP contribution in [0.15, 0.2) is 55.1 Å². The molecule has 0 saturated heterocycles. The number of hydrogen-bond donors (Lipinski definition) is 3. The third kappa shape index (κ3) is 4.92. The summed E-state index contributed by atoms with van der Waals surface area (Å²) < 4.78 is 0. The summed E-state index contributed by atoms with van der Waals surface area (Å²) in [5.41, 5.74) is 0.895. The van der Waals surface area contributed by atoms with Crippen LogP contribution in [0.3, 0.4) is 0 Å². The molecule has 0 radical (unpaired) electrons. The van der Waals surface area contributed by atoms with Crippen molar-refractivity contribution in [2.75, 3.05) is 13.6 Å². The summed E-state index contributed by atoms with van der Waals surface area (Å²) in [6.45, 7) is 3.17. The summed E-state index contributed by atoms with van der Waals surface area (Å²) in [6, 6.07) is 13.5. The molecule has 2 rings (SSSR count). The van der Waals surface area contributed by atoms with E-state index in [1.54, 1.807) is 0 Å². The maximum absolute atomic E-state index is 12.1. The maximum atomic E-state index is 12.1. The van der Waals surface area contributed by atoms with Crippen LogP contribution in [-0.2, 0) is 16.0 Å². The number of likely N-dealkylation sites (N-methyl/N-ethyl adjacent to an activating group) is 1. The zero-order valence-corrected chi connectivity index (χ0v) is 14.1. The highest BCUT2D eigenvalue weighted by Crippen LogP contribution is 2.20. The summed E-state index contributed by atoms with van der Waals surface area (Å²) in [5, 5.41) is 23.9. The number of carbonyl (C=O) groups is 2. The molecule has 7 heteroatoms. The van der Waals surface area contributed by atoms with Gasteiger partial charge in [-0.3, -0.25) is 9.59 Å². The number of amides is 2. The van der Waals surface area contributed by atoms with Crippen LogP contribution in [0.1, 0.15) is 5.56 Å². The van der Waals surface area contributed by atoms with Crippen molar-refractivity contribution in [2.45, 2.75) is 12.4 Å². The Hall–Kier alpha value is -2.64. The fourth-order valence-corrected chi connectivity index (χ4v) is 2.64. The van der Waals surface area contributed by atoms with E-state index in [1.165, 1.54) is 11.9 Å². The Kier molecular flexibility index (Phi) is 6.33. The van der Waals surface area contributed by atoms with Crippen LogP contribution in [0.25, 0.3) is 10.8 Å². The summed E-state index contributed by atoms with van der Waals surface area (Å²) >= 11 is 0. The molecule has 0 aliphatic heterocycles. The van der Waals surface area contributed by atoms with Crippen molar-refractivity contribution < 1.29 is 19.6 Å². The Bertz CT molecular complexity index is 773. The van der Waals surface area contributed by atoms with Crippen molar-refractivity contribution in [1.29, 1.82) is 0 Å². The average Bonchev–Trinajstić information content (AvgIpc) is 2.60. The van der Waals surface area contributed by atoms with E-state index < -0.39 is 19.0 Å². The van der Waals surface area contributed by atoms with Gasteiger partial charge in [0, 0.05) is 7.05 Å². The van der Waals surface area contributed by atoms with Crippen LogP contribution < -0.4 is 5.32 Å². The van der Waals surface area contributed by atoms with Gasteiger partial charge in [-0.05, 0) is 28.8 Å². The number of carbonyl (C=O) groups excluding carboxylic acids is 2. The van der Waals surface area contributed by atoms with Crippen LogP contribution >= 0.6 is 0 Å². The Morgan fingerprint density at radius 2 is 1.92 bits per heavy atom. The number of benzene rings is 2. The number of fused-ring (bicyclic) bond motifs is 1. The van der Waals surface area contributed by atoms with E-state index in [-0.39, 0.29) is 18.9 Å². The second-order valence-corrected chi connectivity index (χ2v) is 5.83. The van der Waals surface area contributed by atoms with E-state index in [0.29, 0.717) is 0 Å². The van der Waals surface area contributed by atoms with Crippen molar-refractivity contribution in [3.8, 4) is 0 Å². The van der Waals surface area contributed by atoms with Gasteiger partial charge in [0.15, 0.2) is 0 Å². The summed E-state index contributed by atoms with van der Waals surface area (Å²) in [4.78, 5) is 24.7. The van der Waals surface area contributed by atoms with Gasteiger partial charge in [-0.25, -0.2) is 0 Å². The molecule has 2 aromatic rings. The molecular formula is C18H21BN2O4. The quantitative estimate of drug-likeness (QED) is 0.506. The van der Waals surface area contributed by atoms with Gasteiger partial charge in [-0.2, -0.15) is 0 Å². The molecule has 3 N–H and O–H groups in total. The number of rotatable bonds is 7. The second-order valence-electron chi connectivity index (χ2n) is 5.83. The molecule has 1 unspecified atom stereocenters. The normalized spacial score (nSPS) is 11.6. The predicted octanol–water partition coefficient (Wildman–Crippen LogP) is 0.523. The highest BCUT2D eigenvalue weighted by atomic mass is 16.4. The van der Waals surface area contributed by atoms with Crippen molar-refractivity contribution in [3.05, 3.63) is 60.7 Å². The SMILES string of the molecule is C=CC(=O)N(C)CC(=O)NC(Cc1cccc2ccccc12)B(O)O. The van der Waals surface area contributed by atoms with Crippen molar-refractivity contribution >= 4 is 29.7 Å². The van der Waals surface area contributed by atoms with Crippen LogP contribution in [0.5, 0.6) is 0 Å². The Morgan fingerprint density at radius 1 is 1.24 bits per heavy atom. The third-order valence-corrected chi connectivity index (χ3v) is 3.96. The van der Waals surface area contributed by atoms with Gasteiger partial charge in [0.2, 0.25) is 11.8 Å². The van der Waals surface area contributed by atoms with Crippen LogP contribution in [0.4, 0.5) is 0 Å². The van der Waals surface area contributed by atoms with E-state index in [2.05, 4.69) is 11.9 Å². The highest BCUT2D eigenvalue weighted by molar-refractivity contribution is 6.43. The van der Waals surface area contributed by atoms with Gasteiger partial charge in [-0.15, -0.1) is 0 Å². The van der Waals surface area contributed by atoms with Crippen LogP contribution in [0, 0.1) is 0 Å². The molecule has 2 amide bonds. The maximum Gasteiger partial charge on any atom is 0.475 e. The molecule has 0 bridgehead atoms. The smallest absolute Gasteiger partial charge is 0.426 e. The average molecular weight is 340 g/mol. The molecule has 0 aromatic heterocycles. The summed E-state index contributed by atoms with van der Waals surface area (Å²) in [6.07, 6.45) is 1.37. The molecule has 130 valence electrons. The van der Waals surface area contributed by atoms with Crippen molar-refractivity contribution in [2.24, 2.45) is 0 Å². The van der Waals surface area contributed by atoms with Gasteiger partial charge in [0.25, 0.3) is 0 Å². The number of nitrogens with zero attached hydrogens (tertiary/aromatic N) is 1. The zero-order chi connectivity index (χ0) is 18.4. The fourth-order valence-electron chi connectivity index (χ4n) is 2.64. The van der Waals surface area contributed by atoms with Gasteiger partial charge in [0.05, 0.1) is 12.5 Å². The molecule has 0 heterocycles. The lowest BCUT2D eigenvalue weighted by Crippen LogP contribution is -2.50.